The van der Waals surface area contributed by atoms with Gasteiger partial charge in [0.15, 0.2) is 6.04 Å². The molecule has 0 saturated carbocycles. The lowest BCUT2D eigenvalue weighted by molar-refractivity contribution is -0.903. The number of nitro groups is 1. The van der Waals surface area contributed by atoms with Gasteiger partial charge in [0.2, 0.25) is 0 Å². The Morgan fingerprint density at radius 2 is 1.78 bits per heavy atom. The Morgan fingerprint density at radius 3 is 2.48 bits per heavy atom. The molecule has 2 aromatic carbocycles. The zero-order valence-corrected chi connectivity index (χ0v) is 13.7. The van der Waals surface area contributed by atoms with Crippen LogP contribution in [0.4, 0.5) is 0 Å². The van der Waals surface area contributed by atoms with Crippen LogP contribution in [0, 0.1) is 10.1 Å². The molecular formula is C17H15Cl2N2O2+. The van der Waals surface area contributed by atoms with Crippen molar-refractivity contribution in [1.82, 2.24) is 0 Å². The van der Waals surface area contributed by atoms with Crippen molar-refractivity contribution in [3.63, 3.8) is 0 Å². The van der Waals surface area contributed by atoms with Crippen molar-refractivity contribution in [3.8, 4) is 0 Å². The predicted molar refractivity (Wildman–Crippen MR) is 91.2 cm³/mol. The highest BCUT2D eigenvalue weighted by Gasteiger charge is 2.33. The molecule has 3 rings (SSSR count). The van der Waals surface area contributed by atoms with Crippen LogP contribution < -0.4 is 4.90 Å². The second kappa shape index (κ2) is 6.71. The zero-order chi connectivity index (χ0) is 16.4. The lowest BCUT2D eigenvalue weighted by Crippen LogP contribution is -3.07. The molecule has 0 saturated heterocycles. The van der Waals surface area contributed by atoms with Crippen LogP contribution in [0.2, 0.25) is 10.0 Å². The van der Waals surface area contributed by atoms with Gasteiger partial charge in [-0.3, -0.25) is 15.0 Å². The average molecular weight is 350 g/mol. The minimum Gasteiger partial charge on any atom is -0.293 e. The van der Waals surface area contributed by atoms with E-state index in [1.54, 1.807) is 18.2 Å². The molecule has 23 heavy (non-hydrogen) atoms. The quantitative estimate of drug-likeness (QED) is 0.679. The molecule has 0 amide bonds. The fourth-order valence-electron chi connectivity index (χ4n) is 2.94. The monoisotopic (exact) mass is 349 g/mol. The summed E-state index contributed by atoms with van der Waals surface area (Å²) in [5.41, 5.74) is 2.81. The maximum absolute atomic E-state index is 11.1. The van der Waals surface area contributed by atoms with Crippen molar-refractivity contribution in [2.45, 2.75) is 12.6 Å². The number of nitrogens with zero attached hydrogens (tertiary/aromatic N) is 1. The summed E-state index contributed by atoms with van der Waals surface area (Å²) >= 11 is 12.5. The number of fused-ring (bicyclic) bond motifs is 1. The number of hydrogen-bond donors (Lipinski definition) is 1. The first kappa shape index (κ1) is 16.0. The third-order valence-electron chi connectivity index (χ3n) is 4.07. The van der Waals surface area contributed by atoms with Gasteiger partial charge in [-0.05, 0) is 23.8 Å². The Bertz CT molecular complexity index is 757. The van der Waals surface area contributed by atoms with Crippen LogP contribution in [0.3, 0.4) is 0 Å². The summed E-state index contributed by atoms with van der Waals surface area (Å²) in [6, 6.07) is 12.9. The van der Waals surface area contributed by atoms with Crippen molar-refractivity contribution < 1.29 is 9.82 Å². The Morgan fingerprint density at radius 1 is 1.09 bits per heavy atom. The normalized spacial score (nSPS) is 19.4. The molecule has 1 N–H and O–H groups in total. The molecule has 0 bridgehead atoms. The zero-order valence-electron chi connectivity index (χ0n) is 12.2. The minimum atomic E-state index is -0.269. The van der Waals surface area contributed by atoms with Crippen LogP contribution >= 0.6 is 23.2 Å². The second-order valence-corrected chi connectivity index (χ2v) is 6.30. The van der Waals surface area contributed by atoms with E-state index in [-0.39, 0.29) is 17.5 Å². The van der Waals surface area contributed by atoms with E-state index in [4.69, 9.17) is 23.2 Å². The molecule has 1 heterocycles. The predicted octanol–water partition coefficient (Wildman–Crippen LogP) is 3.38. The Balaban J connectivity index is 1.96. The van der Waals surface area contributed by atoms with E-state index in [1.165, 1.54) is 0 Å². The van der Waals surface area contributed by atoms with E-state index in [0.717, 1.165) is 21.6 Å². The summed E-state index contributed by atoms with van der Waals surface area (Å²) in [6.07, 6.45) is 3.95. The van der Waals surface area contributed by atoms with Gasteiger partial charge in [0.05, 0.1) is 16.2 Å². The average Bonchev–Trinajstić information content (AvgIpc) is 2.52. The Kier molecular flexibility index (Phi) is 4.66. The minimum absolute atomic E-state index is 0.140. The summed E-state index contributed by atoms with van der Waals surface area (Å²) in [4.78, 5) is 11.8. The molecule has 118 valence electrons. The van der Waals surface area contributed by atoms with E-state index in [1.807, 2.05) is 36.5 Å². The molecule has 0 spiro atoms. The fraction of sp³-hybridized carbons (Fsp3) is 0.176. The van der Waals surface area contributed by atoms with Gasteiger partial charge < -0.3 is 0 Å². The van der Waals surface area contributed by atoms with Crippen LogP contribution in [0.25, 0.3) is 6.08 Å². The first-order chi connectivity index (χ1) is 11.1. The number of rotatable bonds is 4. The molecule has 1 aliphatic rings. The molecule has 2 atom stereocenters. The number of halogens is 2. The third-order valence-corrected chi connectivity index (χ3v) is 4.78. The van der Waals surface area contributed by atoms with Gasteiger partial charge in [-0.2, -0.15) is 0 Å². The van der Waals surface area contributed by atoms with Gasteiger partial charge in [-0.1, -0.05) is 53.5 Å². The molecule has 6 heteroatoms. The van der Waals surface area contributed by atoms with E-state index in [9.17, 15) is 10.1 Å². The lowest BCUT2D eigenvalue weighted by atomic mass is 9.95. The van der Waals surface area contributed by atoms with Crippen LogP contribution in [-0.4, -0.2) is 11.5 Å². The van der Waals surface area contributed by atoms with E-state index in [2.05, 4.69) is 0 Å². The highest BCUT2D eigenvalue weighted by molar-refractivity contribution is 6.35. The SMILES string of the molecule is O=[N+]([O-])C[C@H]1c2ccccc2C=C[NH+]1Cc1c(Cl)cccc1Cl. The summed E-state index contributed by atoms with van der Waals surface area (Å²) in [5.74, 6) is 0. The van der Waals surface area contributed by atoms with Gasteiger partial charge in [-0.25, -0.2) is 0 Å². The van der Waals surface area contributed by atoms with E-state index in [0.29, 0.717) is 16.6 Å². The van der Waals surface area contributed by atoms with Crippen molar-refractivity contribution in [2.24, 2.45) is 0 Å². The molecule has 0 aromatic heterocycles. The first-order valence-electron chi connectivity index (χ1n) is 7.23. The van der Waals surface area contributed by atoms with Crippen molar-refractivity contribution in [3.05, 3.63) is 85.5 Å². The fourth-order valence-corrected chi connectivity index (χ4v) is 3.48. The van der Waals surface area contributed by atoms with Gasteiger partial charge in [0.25, 0.3) is 6.54 Å². The van der Waals surface area contributed by atoms with Crippen molar-refractivity contribution in [1.29, 1.82) is 0 Å². The molecule has 0 fully saturated rings. The van der Waals surface area contributed by atoms with Crippen LogP contribution in [0.15, 0.2) is 48.7 Å². The lowest BCUT2D eigenvalue weighted by Gasteiger charge is -2.28. The highest BCUT2D eigenvalue weighted by Crippen LogP contribution is 2.25. The summed E-state index contributed by atoms with van der Waals surface area (Å²) in [7, 11) is 0. The van der Waals surface area contributed by atoms with Crippen LogP contribution in [0.1, 0.15) is 22.7 Å². The number of quaternary nitrogens is 1. The Hall–Kier alpha value is -1.88. The number of nitrogens with one attached hydrogen (secondary N) is 1. The first-order valence-corrected chi connectivity index (χ1v) is 7.99. The maximum atomic E-state index is 11.1. The van der Waals surface area contributed by atoms with Crippen molar-refractivity contribution >= 4 is 29.3 Å². The topological polar surface area (TPSA) is 47.6 Å². The molecular weight excluding hydrogens is 335 g/mol. The molecule has 0 radical (unpaired) electrons. The smallest absolute Gasteiger partial charge is 0.259 e. The number of hydrogen-bond acceptors (Lipinski definition) is 2. The van der Waals surface area contributed by atoms with Crippen LogP contribution in [-0.2, 0) is 6.54 Å². The molecule has 4 nitrogen and oxygen atoms in total. The van der Waals surface area contributed by atoms with E-state index < -0.39 is 0 Å². The van der Waals surface area contributed by atoms with Gasteiger partial charge >= 0.3 is 0 Å². The molecule has 1 unspecified atom stereocenters. The van der Waals surface area contributed by atoms with Gasteiger partial charge in [-0.15, -0.1) is 0 Å². The highest BCUT2D eigenvalue weighted by atomic mass is 35.5. The van der Waals surface area contributed by atoms with Gasteiger partial charge in [0.1, 0.15) is 6.54 Å². The molecule has 2 aromatic rings. The summed E-state index contributed by atoms with van der Waals surface area (Å²) in [5, 5.41) is 12.3. The van der Waals surface area contributed by atoms with E-state index >= 15 is 0 Å². The second-order valence-electron chi connectivity index (χ2n) is 5.48. The summed E-state index contributed by atoms with van der Waals surface area (Å²) in [6.45, 7) is 0.362. The van der Waals surface area contributed by atoms with Crippen LogP contribution in [0.5, 0.6) is 0 Å². The van der Waals surface area contributed by atoms with Crippen molar-refractivity contribution in [2.75, 3.05) is 6.54 Å². The maximum Gasteiger partial charge on any atom is 0.259 e. The Labute approximate surface area is 144 Å². The van der Waals surface area contributed by atoms with Gasteiger partial charge in [0, 0.05) is 16.1 Å². The molecule has 0 aliphatic carbocycles. The molecule has 1 aliphatic heterocycles. The third kappa shape index (κ3) is 3.39. The largest absolute Gasteiger partial charge is 0.293 e. The number of benzene rings is 2. The standard InChI is InChI=1S/C17H14Cl2N2O2/c18-15-6-3-7-16(19)14(15)10-20-9-8-12-4-1-2-5-13(12)17(20)11-21(22)23/h1-9,17H,10-11H2/p+1/t17-/m0/s1. The summed E-state index contributed by atoms with van der Waals surface area (Å²) < 4.78 is 0.